The number of nitrogens with one attached hydrogen (secondary N) is 1. The summed E-state index contributed by atoms with van der Waals surface area (Å²) in [6.45, 7) is 10.4. The smallest absolute Gasteiger partial charge is 0.255 e. The van der Waals surface area contributed by atoms with E-state index in [-0.39, 0.29) is 23.2 Å². The Morgan fingerprint density at radius 3 is 2.66 bits per heavy atom. The zero-order valence-corrected chi connectivity index (χ0v) is 17.7. The van der Waals surface area contributed by atoms with Crippen LogP contribution in [0.4, 0.5) is 0 Å². The van der Waals surface area contributed by atoms with Crippen LogP contribution in [0.15, 0.2) is 77.1 Å². The summed E-state index contributed by atoms with van der Waals surface area (Å²) in [5.41, 5.74) is 4.25. The Hall–Kier alpha value is -2.99. The van der Waals surface area contributed by atoms with Gasteiger partial charge in [-0.3, -0.25) is 4.79 Å². The van der Waals surface area contributed by atoms with Crippen molar-refractivity contribution < 1.29 is 9.90 Å². The first-order chi connectivity index (χ1) is 13.8. The summed E-state index contributed by atoms with van der Waals surface area (Å²) in [4.78, 5) is 12.9. The molecule has 1 amide bonds. The molecule has 0 aromatic heterocycles. The van der Waals surface area contributed by atoms with Gasteiger partial charge in [-0.2, -0.15) is 0 Å². The van der Waals surface area contributed by atoms with Gasteiger partial charge in [0, 0.05) is 13.0 Å². The molecule has 0 heterocycles. The van der Waals surface area contributed by atoms with E-state index >= 15 is 0 Å². The number of terminal acetylenes is 1. The molecule has 0 radical (unpaired) electrons. The molecule has 0 spiro atoms. The molecule has 1 aromatic rings. The van der Waals surface area contributed by atoms with Crippen LogP contribution in [-0.2, 0) is 11.3 Å². The van der Waals surface area contributed by atoms with E-state index in [2.05, 4.69) is 30.8 Å². The Kier molecular flexibility index (Phi) is 8.09. The maximum Gasteiger partial charge on any atom is 0.255 e. The van der Waals surface area contributed by atoms with Crippen LogP contribution in [-0.4, -0.2) is 11.0 Å². The topological polar surface area (TPSA) is 49.3 Å². The number of carbonyl (C=O) groups is 1. The molecule has 152 valence electrons. The molecule has 3 heteroatoms. The molecule has 2 N–H and O–H groups in total. The second-order valence-corrected chi connectivity index (χ2v) is 7.86. The molecule has 0 saturated heterocycles. The van der Waals surface area contributed by atoms with Gasteiger partial charge in [0.1, 0.15) is 5.76 Å². The van der Waals surface area contributed by atoms with E-state index in [1.165, 1.54) is 11.6 Å². The molecule has 1 aliphatic rings. The van der Waals surface area contributed by atoms with Crippen LogP contribution in [0.5, 0.6) is 0 Å². The third kappa shape index (κ3) is 6.26. The zero-order chi connectivity index (χ0) is 21.4. The van der Waals surface area contributed by atoms with Crippen LogP contribution in [0, 0.1) is 24.2 Å². The van der Waals surface area contributed by atoms with Crippen molar-refractivity contribution in [2.75, 3.05) is 0 Å². The first-order valence-corrected chi connectivity index (χ1v) is 10.0. The van der Waals surface area contributed by atoms with Crippen LogP contribution in [0.1, 0.15) is 45.6 Å². The van der Waals surface area contributed by atoms with E-state index in [1.54, 1.807) is 6.92 Å². The number of allylic oxidation sites excluding steroid dienone is 5. The second-order valence-electron chi connectivity index (χ2n) is 7.86. The summed E-state index contributed by atoms with van der Waals surface area (Å²) >= 11 is 0. The van der Waals surface area contributed by atoms with Gasteiger partial charge in [-0.1, -0.05) is 60.1 Å². The van der Waals surface area contributed by atoms with Crippen LogP contribution < -0.4 is 5.32 Å². The van der Waals surface area contributed by atoms with E-state index < -0.39 is 0 Å². The second kappa shape index (κ2) is 10.5. The van der Waals surface area contributed by atoms with Crippen molar-refractivity contribution in [1.29, 1.82) is 0 Å². The highest BCUT2D eigenvalue weighted by Gasteiger charge is 2.27. The molecular weight excluding hydrogens is 358 g/mol. The molecule has 0 aliphatic heterocycles. The highest BCUT2D eigenvalue weighted by atomic mass is 16.3. The van der Waals surface area contributed by atoms with Gasteiger partial charge in [0.2, 0.25) is 0 Å². The summed E-state index contributed by atoms with van der Waals surface area (Å²) in [6, 6.07) is 9.67. The highest BCUT2D eigenvalue weighted by molar-refractivity contribution is 5.98. The quantitative estimate of drug-likeness (QED) is 0.209. The number of carbonyl (C=O) groups excluding carboxylic acids is 1. The van der Waals surface area contributed by atoms with Gasteiger partial charge >= 0.3 is 0 Å². The molecule has 1 aromatic carbocycles. The lowest BCUT2D eigenvalue weighted by Crippen LogP contribution is -2.27. The fourth-order valence-corrected chi connectivity index (χ4v) is 3.90. The van der Waals surface area contributed by atoms with Crippen LogP contribution in [0.2, 0.25) is 0 Å². The maximum atomic E-state index is 12.9. The first kappa shape index (κ1) is 22.3. The fraction of sp³-hybridized carbons (Fsp3) is 0.346. The Morgan fingerprint density at radius 1 is 1.34 bits per heavy atom. The maximum absolute atomic E-state index is 12.9. The van der Waals surface area contributed by atoms with Gasteiger partial charge in [0.25, 0.3) is 5.91 Å². The number of rotatable bonds is 7. The minimum absolute atomic E-state index is 0.0711. The van der Waals surface area contributed by atoms with Gasteiger partial charge in [0.05, 0.1) is 5.57 Å². The lowest BCUT2D eigenvalue weighted by molar-refractivity contribution is -0.117. The lowest BCUT2D eigenvalue weighted by atomic mass is 9.75. The minimum Gasteiger partial charge on any atom is -0.511 e. The Balaban J connectivity index is 2.29. The Morgan fingerprint density at radius 2 is 2.03 bits per heavy atom. The first-order valence-electron chi connectivity index (χ1n) is 10.0. The van der Waals surface area contributed by atoms with Crippen molar-refractivity contribution >= 4 is 5.91 Å². The summed E-state index contributed by atoms with van der Waals surface area (Å²) in [5, 5.41) is 13.9. The molecule has 29 heavy (non-hydrogen) atoms. The molecular formula is C26H31NO2. The predicted molar refractivity (Wildman–Crippen MR) is 120 cm³/mol. The number of aliphatic hydroxyl groups excluding tert-OH is 1. The number of hydrogen-bond donors (Lipinski definition) is 2. The zero-order valence-electron chi connectivity index (χ0n) is 17.7. The third-order valence-corrected chi connectivity index (χ3v) is 5.43. The lowest BCUT2D eigenvalue weighted by Gasteiger charge is -2.30. The number of hydrogen-bond acceptors (Lipinski definition) is 2. The van der Waals surface area contributed by atoms with Gasteiger partial charge in [0.15, 0.2) is 0 Å². The van der Waals surface area contributed by atoms with Crippen molar-refractivity contribution in [2.24, 2.45) is 11.8 Å². The van der Waals surface area contributed by atoms with Crippen molar-refractivity contribution in [3.8, 4) is 12.3 Å². The average Bonchev–Trinajstić information content (AvgIpc) is 2.67. The van der Waals surface area contributed by atoms with Crippen LogP contribution in [0.25, 0.3) is 0 Å². The van der Waals surface area contributed by atoms with Gasteiger partial charge in [-0.15, -0.1) is 6.42 Å². The average molecular weight is 390 g/mol. The van der Waals surface area contributed by atoms with Gasteiger partial charge < -0.3 is 10.4 Å². The summed E-state index contributed by atoms with van der Waals surface area (Å²) in [6.07, 6.45) is 11.6. The summed E-state index contributed by atoms with van der Waals surface area (Å²) in [5.74, 6) is 2.63. The minimum atomic E-state index is -0.321. The SMILES string of the molecule is C#C/C=C(C)\C(C(=O)NCc1ccccc1)=C(\O)CC1C=C(C)CCC1C(=C)C. The normalized spacial score (nSPS) is 20.2. The van der Waals surface area contributed by atoms with Gasteiger partial charge in [-0.25, -0.2) is 0 Å². The van der Waals surface area contributed by atoms with Crippen LogP contribution >= 0.6 is 0 Å². The van der Waals surface area contributed by atoms with Crippen LogP contribution in [0.3, 0.4) is 0 Å². The molecule has 2 unspecified atom stereocenters. The summed E-state index contributed by atoms with van der Waals surface area (Å²) < 4.78 is 0. The molecule has 0 fully saturated rings. The van der Waals surface area contributed by atoms with E-state index in [1.807, 2.05) is 37.3 Å². The van der Waals surface area contributed by atoms with E-state index in [0.717, 1.165) is 24.0 Å². The van der Waals surface area contributed by atoms with Crippen molar-refractivity contribution in [1.82, 2.24) is 5.32 Å². The van der Waals surface area contributed by atoms with E-state index in [9.17, 15) is 9.90 Å². The molecule has 2 atom stereocenters. The van der Waals surface area contributed by atoms with E-state index in [4.69, 9.17) is 6.42 Å². The molecule has 3 nitrogen and oxygen atoms in total. The molecule has 0 bridgehead atoms. The molecule has 2 rings (SSSR count). The number of benzene rings is 1. The Bertz CT molecular complexity index is 881. The van der Waals surface area contributed by atoms with Crippen molar-refractivity contribution in [3.63, 3.8) is 0 Å². The summed E-state index contributed by atoms with van der Waals surface area (Å²) in [7, 11) is 0. The predicted octanol–water partition coefficient (Wildman–Crippen LogP) is 5.63. The standard InChI is InChI=1S/C26H31NO2/c1-6-10-20(5)25(26(29)27-17-21-11-8-7-9-12-21)24(28)16-22-15-19(4)13-14-23(22)18(2)3/h1,7-12,15,22-23,28H,2,13-14,16-17H2,3-5H3,(H,27,29)/b20-10-,25-24-. The highest BCUT2D eigenvalue weighted by Crippen LogP contribution is 2.37. The molecule has 1 aliphatic carbocycles. The third-order valence-electron chi connectivity index (χ3n) is 5.43. The number of amides is 1. The van der Waals surface area contributed by atoms with E-state index in [0.29, 0.717) is 24.5 Å². The monoisotopic (exact) mass is 389 g/mol. The molecule has 0 saturated carbocycles. The Labute approximate surface area is 174 Å². The largest absolute Gasteiger partial charge is 0.511 e. The van der Waals surface area contributed by atoms with Crippen molar-refractivity contribution in [3.05, 3.63) is 82.7 Å². The van der Waals surface area contributed by atoms with Gasteiger partial charge in [-0.05, 0) is 62.7 Å². The number of aliphatic hydroxyl groups is 1. The fourth-order valence-electron chi connectivity index (χ4n) is 3.90. The van der Waals surface area contributed by atoms with Crippen molar-refractivity contribution in [2.45, 2.75) is 46.6 Å².